The average Bonchev–Trinajstić information content (AvgIpc) is 2.55. The maximum absolute atomic E-state index is 12.4. The largest absolute Gasteiger partial charge is 0.324 e. The number of carbonyl (C=O) groups excluding carboxylic acids is 3. The van der Waals surface area contributed by atoms with Gasteiger partial charge in [0.1, 0.15) is 0 Å². The predicted molar refractivity (Wildman–Crippen MR) is 94.8 cm³/mol. The Kier molecular flexibility index (Phi) is 4.40. The van der Waals surface area contributed by atoms with Gasteiger partial charge in [0.2, 0.25) is 5.91 Å². The topological polar surface area (TPSA) is 75.3 Å². The van der Waals surface area contributed by atoms with Crippen LogP contribution in [0.4, 0.5) is 11.4 Å². The third-order valence-corrected chi connectivity index (χ3v) is 4.88. The normalized spacial score (nSPS) is 16.1. The minimum Gasteiger partial charge on any atom is -0.324 e. The Balaban J connectivity index is 1.81. The van der Waals surface area contributed by atoms with Gasteiger partial charge < -0.3 is 10.6 Å². The molecule has 0 radical (unpaired) electrons. The Bertz CT molecular complexity index is 848. The molecule has 0 fully saturated rings. The SMILES string of the molecule is CC(=O)c1cccc(NC(=O)c2ccc3c(c2)NC(=O)[C@@H](C)S3)c1. The van der Waals surface area contributed by atoms with Crippen LogP contribution < -0.4 is 10.6 Å². The number of nitrogens with one attached hydrogen (secondary N) is 2. The van der Waals surface area contributed by atoms with Crippen molar-refractivity contribution in [3.63, 3.8) is 0 Å². The maximum atomic E-state index is 12.4. The van der Waals surface area contributed by atoms with Crippen molar-refractivity contribution in [2.24, 2.45) is 0 Å². The summed E-state index contributed by atoms with van der Waals surface area (Å²) in [6.07, 6.45) is 0. The van der Waals surface area contributed by atoms with Crippen molar-refractivity contribution in [1.29, 1.82) is 0 Å². The molecule has 2 aromatic carbocycles. The van der Waals surface area contributed by atoms with Gasteiger partial charge in [0.15, 0.2) is 5.78 Å². The third kappa shape index (κ3) is 3.33. The molecule has 2 aromatic rings. The van der Waals surface area contributed by atoms with E-state index in [1.54, 1.807) is 36.4 Å². The first kappa shape index (κ1) is 16.3. The Hall–Kier alpha value is -2.60. The predicted octanol–water partition coefficient (Wildman–Crippen LogP) is 3.57. The van der Waals surface area contributed by atoms with E-state index in [0.29, 0.717) is 22.5 Å². The van der Waals surface area contributed by atoms with E-state index in [9.17, 15) is 14.4 Å². The van der Waals surface area contributed by atoms with Crippen LogP contribution in [0.3, 0.4) is 0 Å². The van der Waals surface area contributed by atoms with E-state index < -0.39 is 0 Å². The van der Waals surface area contributed by atoms with Crippen LogP contribution in [0, 0.1) is 0 Å². The van der Waals surface area contributed by atoms with E-state index in [4.69, 9.17) is 0 Å². The number of Topliss-reactive ketones (excluding diaryl/α,β-unsaturated/α-hetero) is 1. The van der Waals surface area contributed by atoms with Crippen molar-refractivity contribution in [1.82, 2.24) is 0 Å². The lowest BCUT2D eigenvalue weighted by Gasteiger charge is -2.21. The number of thioether (sulfide) groups is 1. The van der Waals surface area contributed by atoms with Crippen LogP contribution in [0.1, 0.15) is 34.6 Å². The number of fused-ring (bicyclic) bond motifs is 1. The summed E-state index contributed by atoms with van der Waals surface area (Å²) in [5, 5.41) is 5.43. The van der Waals surface area contributed by atoms with Gasteiger partial charge in [-0.3, -0.25) is 14.4 Å². The molecule has 1 heterocycles. The van der Waals surface area contributed by atoms with E-state index in [1.807, 2.05) is 13.0 Å². The van der Waals surface area contributed by atoms with E-state index in [1.165, 1.54) is 18.7 Å². The average molecular weight is 340 g/mol. The highest BCUT2D eigenvalue weighted by Gasteiger charge is 2.23. The van der Waals surface area contributed by atoms with E-state index >= 15 is 0 Å². The lowest BCUT2D eigenvalue weighted by atomic mass is 10.1. The van der Waals surface area contributed by atoms with Gasteiger partial charge in [-0.05, 0) is 44.2 Å². The number of ketones is 1. The molecule has 0 unspecified atom stereocenters. The molecule has 24 heavy (non-hydrogen) atoms. The molecule has 3 rings (SSSR count). The Morgan fingerprint density at radius 2 is 1.92 bits per heavy atom. The zero-order chi connectivity index (χ0) is 17.3. The van der Waals surface area contributed by atoms with E-state index in [0.717, 1.165) is 4.90 Å². The number of anilines is 2. The summed E-state index contributed by atoms with van der Waals surface area (Å²) in [4.78, 5) is 36.5. The maximum Gasteiger partial charge on any atom is 0.255 e. The molecule has 2 amide bonds. The second-order valence-electron chi connectivity index (χ2n) is 5.55. The molecule has 122 valence electrons. The Labute approximate surface area is 143 Å². The first-order valence-corrected chi connectivity index (χ1v) is 8.36. The summed E-state index contributed by atoms with van der Waals surface area (Å²) in [5.41, 5.74) is 2.18. The molecule has 6 heteroatoms. The highest BCUT2D eigenvalue weighted by atomic mass is 32.2. The van der Waals surface area contributed by atoms with Gasteiger partial charge >= 0.3 is 0 Å². The highest BCUT2D eigenvalue weighted by molar-refractivity contribution is 8.00. The first-order valence-electron chi connectivity index (χ1n) is 7.48. The van der Waals surface area contributed by atoms with Gasteiger partial charge in [0, 0.05) is 21.7 Å². The number of amides is 2. The number of rotatable bonds is 3. The fourth-order valence-electron chi connectivity index (χ4n) is 2.37. The molecular weight excluding hydrogens is 324 g/mol. The summed E-state index contributed by atoms with van der Waals surface area (Å²) in [7, 11) is 0. The minimum atomic E-state index is -0.295. The smallest absolute Gasteiger partial charge is 0.255 e. The third-order valence-electron chi connectivity index (χ3n) is 3.70. The molecule has 1 aliphatic heterocycles. The van der Waals surface area contributed by atoms with Crippen LogP contribution in [0.5, 0.6) is 0 Å². The quantitative estimate of drug-likeness (QED) is 0.838. The van der Waals surface area contributed by atoms with Gasteiger partial charge in [-0.25, -0.2) is 0 Å². The van der Waals surface area contributed by atoms with Gasteiger partial charge in [0.25, 0.3) is 5.91 Å². The van der Waals surface area contributed by atoms with Crippen LogP contribution >= 0.6 is 11.8 Å². The zero-order valence-corrected chi connectivity index (χ0v) is 14.1. The van der Waals surface area contributed by atoms with Crippen molar-refractivity contribution in [2.45, 2.75) is 24.0 Å². The van der Waals surface area contributed by atoms with Crippen molar-refractivity contribution in [2.75, 3.05) is 10.6 Å². The summed E-state index contributed by atoms with van der Waals surface area (Å²) >= 11 is 1.47. The van der Waals surface area contributed by atoms with Gasteiger partial charge in [-0.15, -0.1) is 11.8 Å². The molecule has 2 N–H and O–H groups in total. The second kappa shape index (κ2) is 6.49. The molecular formula is C18H16N2O3S. The molecule has 0 spiro atoms. The molecule has 1 atom stereocenters. The van der Waals surface area contributed by atoms with Crippen LogP contribution in [-0.4, -0.2) is 22.8 Å². The molecule has 5 nitrogen and oxygen atoms in total. The molecule has 0 bridgehead atoms. The standard InChI is InChI=1S/C18H16N2O3S/c1-10(21)12-4-3-5-14(8-12)19-18(23)13-6-7-16-15(9-13)20-17(22)11(2)24-16/h3-9,11H,1-2H3,(H,19,23)(H,20,22)/t11-/m1/s1. The monoisotopic (exact) mass is 340 g/mol. The van der Waals surface area contributed by atoms with Crippen molar-refractivity contribution < 1.29 is 14.4 Å². The second-order valence-corrected chi connectivity index (χ2v) is 6.93. The van der Waals surface area contributed by atoms with E-state index in [-0.39, 0.29) is 22.8 Å². The lowest BCUT2D eigenvalue weighted by molar-refractivity contribution is -0.115. The molecule has 0 aromatic heterocycles. The van der Waals surface area contributed by atoms with Crippen molar-refractivity contribution >= 4 is 40.7 Å². The van der Waals surface area contributed by atoms with Crippen LogP contribution in [0.25, 0.3) is 0 Å². The number of carbonyl (C=O) groups is 3. The summed E-state index contributed by atoms with van der Waals surface area (Å²) in [5.74, 6) is -0.427. The Morgan fingerprint density at radius 1 is 1.12 bits per heavy atom. The fraction of sp³-hybridized carbons (Fsp3) is 0.167. The van der Waals surface area contributed by atoms with Gasteiger partial charge in [0.05, 0.1) is 10.9 Å². The summed E-state index contributed by atoms with van der Waals surface area (Å²) < 4.78 is 0. The molecule has 0 aliphatic carbocycles. The first-order chi connectivity index (χ1) is 11.4. The van der Waals surface area contributed by atoms with Crippen LogP contribution in [0.2, 0.25) is 0 Å². The fourth-order valence-corrected chi connectivity index (χ4v) is 3.30. The summed E-state index contributed by atoms with van der Waals surface area (Å²) in [6, 6.07) is 12.0. The number of hydrogen-bond donors (Lipinski definition) is 2. The van der Waals surface area contributed by atoms with Crippen molar-refractivity contribution in [3.8, 4) is 0 Å². The van der Waals surface area contributed by atoms with Gasteiger partial charge in [-0.1, -0.05) is 12.1 Å². The molecule has 1 aliphatic rings. The van der Waals surface area contributed by atoms with Crippen LogP contribution in [0.15, 0.2) is 47.4 Å². The molecule has 0 saturated heterocycles. The highest BCUT2D eigenvalue weighted by Crippen LogP contribution is 2.36. The lowest BCUT2D eigenvalue weighted by Crippen LogP contribution is -2.26. The van der Waals surface area contributed by atoms with Crippen molar-refractivity contribution in [3.05, 3.63) is 53.6 Å². The summed E-state index contributed by atoms with van der Waals surface area (Å²) in [6.45, 7) is 3.32. The Morgan fingerprint density at radius 3 is 2.67 bits per heavy atom. The van der Waals surface area contributed by atoms with Gasteiger partial charge in [-0.2, -0.15) is 0 Å². The van der Waals surface area contributed by atoms with Crippen LogP contribution in [-0.2, 0) is 4.79 Å². The molecule has 0 saturated carbocycles. The zero-order valence-electron chi connectivity index (χ0n) is 13.3. The van der Waals surface area contributed by atoms with E-state index in [2.05, 4.69) is 10.6 Å². The number of hydrogen-bond acceptors (Lipinski definition) is 4. The number of benzene rings is 2. The minimum absolute atomic E-state index is 0.0614.